The summed E-state index contributed by atoms with van der Waals surface area (Å²) < 4.78 is 2.19. The van der Waals surface area contributed by atoms with Crippen LogP contribution in [0.1, 0.15) is 42.4 Å². The highest BCUT2D eigenvalue weighted by atomic mass is 32.1. The van der Waals surface area contributed by atoms with Crippen molar-refractivity contribution < 1.29 is 0 Å². The third-order valence-electron chi connectivity index (χ3n) is 3.71. The van der Waals surface area contributed by atoms with Crippen molar-refractivity contribution in [2.75, 3.05) is 13.1 Å². The van der Waals surface area contributed by atoms with E-state index >= 15 is 0 Å². The van der Waals surface area contributed by atoms with E-state index in [1.165, 1.54) is 4.88 Å². The number of nitrogens with zero attached hydrogens (tertiary/aromatic N) is 4. The number of aromatic nitrogens is 3. The summed E-state index contributed by atoms with van der Waals surface area (Å²) in [6.07, 6.45) is 9.10. The molecular formula is C17H28N6S. The van der Waals surface area contributed by atoms with E-state index in [1.807, 2.05) is 25.5 Å². The lowest BCUT2D eigenvalue weighted by Crippen LogP contribution is -2.37. The Morgan fingerprint density at radius 1 is 1.25 bits per heavy atom. The summed E-state index contributed by atoms with van der Waals surface area (Å²) in [5, 5.41) is 7.75. The van der Waals surface area contributed by atoms with Crippen molar-refractivity contribution >= 4 is 17.3 Å². The van der Waals surface area contributed by atoms with Crippen LogP contribution in [0.3, 0.4) is 0 Å². The second-order valence-electron chi connectivity index (χ2n) is 5.57. The standard InChI is InChI=1S/C17H28N6S/c1-4-15-12-21-16(24-15)13-22-17(18-5-2)20-8-6-7-10-23-11-9-19-14(23)3/h9,11-12H,4-8,10,13H2,1-3H3,(H2,18,20,22). The summed E-state index contributed by atoms with van der Waals surface area (Å²) in [6, 6.07) is 0. The molecule has 0 saturated heterocycles. The van der Waals surface area contributed by atoms with Crippen LogP contribution in [0.4, 0.5) is 0 Å². The fourth-order valence-corrected chi connectivity index (χ4v) is 3.11. The highest BCUT2D eigenvalue weighted by Crippen LogP contribution is 2.13. The molecule has 2 rings (SSSR count). The van der Waals surface area contributed by atoms with Crippen molar-refractivity contribution in [2.24, 2.45) is 4.99 Å². The molecule has 0 radical (unpaired) electrons. The Hall–Kier alpha value is -1.89. The zero-order valence-electron chi connectivity index (χ0n) is 14.9. The molecule has 0 aliphatic heterocycles. The van der Waals surface area contributed by atoms with Gasteiger partial charge in [0.05, 0.1) is 6.54 Å². The van der Waals surface area contributed by atoms with Crippen LogP contribution in [0, 0.1) is 6.92 Å². The predicted molar refractivity (Wildman–Crippen MR) is 101 cm³/mol. The molecule has 0 aliphatic carbocycles. The zero-order valence-corrected chi connectivity index (χ0v) is 15.7. The van der Waals surface area contributed by atoms with E-state index in [9.17, 15) is 0 Å². The SMILES string of the molecule is CCNC(=NCc1ncc(CC)s1)NCCCCn1ccnc1C. The molecule has 2 heterocycles. The van der Waals surface area contributed by atoms with Gasteiger partial charge < -0.3 is 15.2 Å². The minimum atomic E-state index is 0.633. The molecule has 7 heteroatoms. The average Bonchev–Trinajstić information content (AvgIpc) is 3.21. The normalized spacial score (nSPS) is 11.7. The van der Waals surface area contributed by atoms with Gasteiger partial charge >= 0.3 is 0 Å². The Balaban J connectivity index is 1.71. The van der Waals surface area contributed by atoms with Crippen LogP contribution >= 0.6 is 11.3 Å². The maximum Gasteiger partial charge on any atom is 0.191 e. The molecule has 0 aromatic carbocycles. The summed E-state index contributed by atoms with van der Waals surface area (Å²) in [4.78, 5) is 14.6. The van der Waals surface area contributed by atoms with Crippen molar-refractivity contribution in [3.63, 3.8) is 0 Å². The van der Waals surface area contributed by atoms with Crippen molar-refractivity contribution in [2.45, 2.75) is 53.1 Å². The molecule has 0 saturated carbocycles. The second kappa shape index (κ2) is 10.1. The van der Waals surface area contributed by atoms with E-state index in [0.717, 1.165) is 55.7 Å². The third kappa shape index (κ3) is 5.96. The van der Waals surface area contributed by atoms with Gasteiger partial charge in [0, 0.05) is 43.1 Å². The number of hydrogen-bond acceptors (Lipinski definition) is 4. The molecular weight excluding hydrogens is 320 g/mol. The summed E-state index contributed by atoms with van der Waals surface area (Å²) in [7, 11) is 0. The lowest BCUT2D eigenvalue weighted by Gasteiger charge is -2.11. The van der Waals surface area contributed by atoms with Gasteiger partial charge in [-0.1, -0.05) is 6.92 Å². The van der Waals surface area contributed by atoms with Gasteiger partial charge in [-0.25, -0.2) is 15.0 Å². The summed E-state index contributed by atoms with van der Waals surface area (Å²) in [5.74, 6) is 1.94. The number of nitrogens with one attached hydrogen (secondary N) is 2. The smallest absolute Gasteiger partial charge is 0.191 e. The lowest BCUT2D eigenvalue weighted by atomic mass is 10.3. The quantitative estimate of drug-likeness (QED) is 0.415. The monoisotopic (exact) mass is 348 g/mol. The molecule has 2 N–H and O–H groups in total. The number of thiazole rings is 1. The highest BCUT2D eigenvalue weighted by Gasteiger charge is 2.02. The molecule has 0 unspecified atom stereocenters. The maximum atomic E-state index is 4.62. The summed E-state index contributed by atoms with van der Waals surface area (Å²) >= 11 is 1.74. The average molecular weight is 349 g/mol. The highest BCUT2D eigenvalue weighted by molar-refractivity contribution is 7.11. The van der Waals surface area contributed by atoms with Gasteiger partial charge in [0.25, 0.3) is 0 Å². The van der Waals surface area contributed by atoms with Crippen molar-refractivity contribution in [3.05, 3.63) is 34.3 Å². The molecule has 0 aliphatic rings. The molecule has 6 nitrogen and oxygen atoms in total. The molecule has 0 spiro atoms. The van der Waals surface area contributed by atoms with Gasteiger partial charge in [0.1, 0.15) is 10.8 Å². The Kier molecular flexibility index (Phi) is 7.74. The van der Waals surface area contributed by atoms with E-state index in [1.54, 1.807) is 11.3 Å². The Labute approximate surface area is 148 Å². The number of aliphatic imine (C=N–C) groups is 1. The predicted octanol–water partition coefficient (Wildman–Crippen LogP) is 2.75. The minimum absolute atomic E-state index is 0.633. The first-order valence-electron chi connectivity index (χ1n) is 8.66. The number of rotatable bonds is 9. The molecule has 0 bridgehead atoms. The van der Waals surface area contributed by atoms with Gasteiger partial charge in [-0.3, -0.25) is 0 Å². The van der Waals surface area contributed by atoms with Crippen LogP contribution in [-0.2, 0) is 19.5 Å². The number of guanidine groups is 1. The molecule has 2 aromatic heterocycles. The lowest BCUT2D eigenvalue weighted by molar-refractivity contribution is 0.588. The van der Waals surface area contributed by atoms with Crippen LogP contribution in [-0.4, -0.2) is 33.6 Å². The van der Waals surface area contributed by atoms with Crippen LogP contribution < -0.4 is 10.6 Å². The third-order valence-corrected chi connectivity index (χ3v) is 4.83. The number of imidazole rings is 1. The number of unbranched alkanes of at least 4 members (excludes halogenated alkanes) is 1. The fourth-order valence-electron chi connectivity index (χ4n) is 2.33. The van der Waals surface area contributed by atoms with E-state index in [2.05, 4.69) is 44.0 Å². The summed E-state index contributed by atoms with van der Waals surface area (Å²) in [5.41, 5.74) is 0. The topological polar surface area (TPSA) is 67.1 Å². The van der Waals surface area contributed by atoms with Crippen LogP contribution in [0.2, 0.25) is 0 Å². The second-order valence-corrected chi connectivity index (χ2v) is 6.77. The Morgan fingerprint density at radius 3 is 2.79 bits per heavy atom. The van der Waals surface area contributed by atoms with Gasteiger partial charge in [-0.2, -0.15) is 0 Å². The number of aryl methyl sites for hydroxylation is 3. The molecule has 0 fully saturated rings. The molecule has 24 heavy (non-hydrogen) atoms. The van der Waals surface area contributed by atoms with Gasteiger partial charge in [0.2, 0.25) is 0 Å². The largest absolute Gasteiger partial charge is 0.357 e. The van der Waals surface area contributed by atoms with Gasteiger partial charge in [-0.15, -0.1) is 11.3 Å². The molecule has 2 aromatic rings. The van der Waals surface area contributed by atoms with Crippen molar-refractivity contribution in [1.82, 2.24) is 25.2 Å². The van der Waals surface area contributed by atoms with Crippen LogP contribution in [0.15, 0.2) is 23.6 Å². The van der Waals surface area contributed by atoms with E-state index in [-0.39, 0.29) is 0 Å². The van der Waals surface area contributed by atoms with Crippen molar-refractivity contribution in [1.29, 1.82) is 0 Å². The van der Waals surface area contributed by atoms with Crippen LogP contribution in [0.5, 0.6) is 0 Å². The Bertz CT molecular complexity index is 631. The van der Waals surface area contributed by atoms with Gasteiger partial charge in [-0.05, 0) is 33.1 Å². The first-order chi connectivity index (χ1) is 11.7. The first-order valence-corrected chi connectivity index (χ1v) is 9.48. The minimum Gasteiger partial charge on any atom is -0.357 e. The fraction of sp³-hybridized carbons (Fsp3) is 0.588. The van der Waals surface area contributed by atoms with E-state index < -0.39 is 0 Å². The molecule has 0 amide bonds. The van der Waals surface area contributed by atoms with Crippen molar-refractivity contribution in [3.8, 4) is 0 Å². The first kappa shape index (κ1) is 18.4. The number of hydrogen-bond donors (Lipinski definition) is 2. The van der Waals surface area contributed by atoms with E-state index in [4.69, 9.17) is 0 Å². The summed E-state index contributed by atoms with van der Waals surface area (Å²) in [6.45, 7) is 9.69. The van der Waals surface area contributed by atoms with Gasteiger partial charge in [0.15, 0.2) is 5.96 Å². The molecule has 0 atom stereocenters. The van der Waals surface area contributed by atoms with E-state index in [0.29, 0.717) is 6.54 Å². The van der Waals surface area contributed by atoms with Crippen LogP contribution in [0.25, 0.3) is 0 Å². The Morgan fingerprint density at radius 2 is 2.12 bits per heavy atom. The maximum absolute atomic E-state index is 4.62. The zero-order chi connectivity index (χ0) is 17.2. The molecule has 132 valence electrons.